The molecule has 1 aromatic carbocycles. The van der Waals surface area contributed by atoms with E-state index >= 15 is 0 Å². The molecule has 2 aromatic rings. The molecule has 0 spiro atoms. The minimum atomic E-state index is -0.218. The van der Waals surface area contributed by atoms with Gasteiger partial charge in [-0.2, -0.15) is 0 Å². The number of hydrogen-bond acceptors (Lipinski definition) is 1. The van der Waals surface area contributed by atoms with Gasteiger partial charge >= 0.3 is 0 Å². The van der Waals surface area contributed by atoms with Gasteiger partial charge in [-0.3, -0.25) is 0 Å². The first-order valence-electron chi connectivity index (χ1n) is 7.06. The molecule has 4 heteroatoms. The molecule has 1 aliphatic rings. The van der Waals surface area contributed by atoms with Gasteiger partial charge < -0.3 is 9.55 Å². The van der Waals surface area contributed by atoms with Crippen molar-refractivity contribution in [2.24, 2.45) is 5.92 Å². The second-order valence-electron chi connectivity index (χ2n) is 5.64. The van der Waals surface area contributed by atoms with Crippen LogP contribution in [0.2, 0.25) is 0 Å². The number of halogens is 1. The van der Waals surface area contributed by atoms with Crippen LogP contribution in [-0.4, -0.2) is 9.55 Å². The lowest BCUT2D eigenvalue weighted by atomic mass is 9.96. The van der Waals surface area contributed by atoms with Crippen molar-refractivity contribution in [2.75, 3.05) is 0 Å². The van der Waals surface area contributed by atoms with Crippen LogP contribution < -0.4 is 0 Å². The largest absolute Gasteiger partial charge is 0.330 e. The van der Waals surface area contributed by atoms with Crippen molar-refractivity contribution in [3.63, 3.8) is 0 Å². The van der Waals surface area contributed by atoms with Crippen LogP contribution in [0.3, 0.4) is 0 Å². The van der Waals surface area contributed by atoms with Crippen LogP contribution in [0, 0.1) is 16.5 Å². The second-order valence-corrected chi connectivity index (χ2v) is 6.03. The van der Waals surface area contributed by atoms with Gasteiger partial charge in [0, 0.05) is 6.04 Å². The first kappa shape index (κ1) is 12.9. The molecule has 0 amide bonds. The maximum absolute atomic E-state index is 13.3. The number of H-pyrrole nitrogens is 1. The molecule has 19 heavy (non-hydrogen) atoms. The summed E-state index contributed by atoms with van der Waals surface area (Å²) >= 11 is 5.46. The van der Waals surface area contributed by atoms with Crippen LogP contribution in [0.15, 0.2) is 18.2 Å². The number of rotatable bonds is 1. The van der Waals surface area contributed by atoms with Crippen molar-refractivity contribution in [3.8, 4) is 0 Å². The van der Waals surface area contributed by atoms with E-state index in [9.17, 15) is 4.39 Å². The fourth-order valence-electron chi connectivity index (χ4n) is 3.29. The van der Waals surface area contributed by atoms with E-state index in [0.29, 0.717) is 12.0 Å². The molecule has 1 aliphatic carbocycles. The minimum Gasteiger partial charge on any atom is -0.330 e. The van der Waals surface area contributed by atoms with E-state index in [4.69, 9.17) is 12.2 Å². The standard InChI is InChI=1S/C15H19FN2S/c1-10-5-3-2-4-6-13(10)18-14-8-7-11(16)9-12(14)17-15(18)19/h7-10,13H,2-6H2,1H3,(H,17,19). The summed E-state index contributed by atoms with van der Waals surface area (Å²) in [5, 5.41) is 0. The maximum Gasteiger partial charge on any atom is 0.178 e. The van der Waals surface area contributed by atoms with E-state index in [1.807, 2.05) is 6.07 Å². The Labute approximate surface area is 117 Å². The summed E-state index contributed by atoms with van der Waals surface area (Å²) in [5.74, 6) is 0.406. The van der Waals surface area contributed by atoms with Gasteiger partial charge in [-0.25, -0.2) is 4.39 Å². The molecule has 1 saturated carbocycles. The highest BCUT2D eigenvalue weighted by Crippen LogP contribution is 2.34. The molecular weight excluding hydrogens is 259 g/mol. The van der Waals surface area contributed by atoms with E-state index in [1.165, 1.54) is 44.2 Å². The molecule has 0 aliphatic heterocycles. The normalized spacial score (nSPS) is 24.5. The zero-order chi connectivity index (χ0) is 13.4. The quantitative estimate of drug-likeness (QED) is 0.576. The summed E-state index contributed by atoms with van der Waals surface area (Å²) in [6.07, 6.45) is 6.29. The van der Waals surface area contributed by atoms with E-state index < -0.39 is 0 Å². The molecule has 1 N–H and O–H groups in total. The molecule has 1 aromatic heterocycles. The predicted molar refractivity (Wildman–Crippen MR) is 78.4 cm³/mol. The Kier molecular flexibility index (Phi) is 3.44. The Hall–Kier alpha value is -1.16. The number of fused-ring (bicyclic) bond motifs is 1. The Balaban J connectivity index is 2.13. The number of nitrogens with zero attached hydrogens (tertiary/aromatic N) is 1. The van der Waals surface area contributed by atoms with Crippen molar-refractivity contribution in [1.82, 2.24) is 9.55 Å². The molecule has 0 radical (unpaired) electrons. The van der Waals surface area contributed by atoms with Crippen LogP contribution in [0.1, 0.15) is 45.1 Å². The van der Waals surface area contributed by atoms with Crippen molar-refractivity contribution >= 4 is 23.3 Å². The Bertz CT molecular complexity index is 643. The van der Waals surface area contributed by atoms with Crippen LogP contribution in [0.5, 0.6) is 0 Å². The number of benzene rings is 1. The summed E-state index contributed by atoms with van der Waals surface area (Å²) in [7, 11) is 0. The van der Waals surface area contributed by atoms with Gasteiger partial charge in [0.2, 0.25) is 0 Å². The number of nitrogens with one attached hydrogen (secondary N) is 1. The maximum atomic E-state index is 13.3. The lowest BCUT2D eigenvalue weighted by Gasteiger charge is -2.23. The highest BCUT2D eigenvalue weighted by atomic mass is 32.1. The Morgan fingerprint density at radius 3 is 2.89 bits per heavy atom. The smallest absolute Gasteiger partial charge is 0.178 e. The van der Waals surface area contributed by atoms with Crippen molar-refractivity contribution < 1.29 is 4.39 Å². The highest BCUT2D eigenvalue weighted by molar-refractivity contribution is 7.71. The van der Waals surface area contributed by atoms with Crippen molar-refractivity contribution in [1.29, 1.82) is 0 Å². The summed E-state index contributed by atoms with van der Waals surface area (Å²) in [6.45, 7) is 2.31. The third kappa shape index (κ3) is 2.34. The molecule has 102 valence electrons. The first-order chi connectivity index (χ1) is 9.16. The van der Waals surface area contributed by atoms with E-state index in [2.05, 4.69) is 16.5 Å². The second kappa shape index (κ2) is 5.08. The van der Waals surface area contributed by atoms with E-state index in [1.54, 1.807) is 0 Å². The summed E-state index contributed by atoms with van der Waals surface area (Å²) in [5.41, 5.74) is 1.84. The first-order valence-corrected chi connectivity index (χ1v) is 7.47. The van der Waals surface area contributed by atoms with Gasteiger partial charge in [-0.1, -0.05) is 26.2 Å². The molecule has 2 nitrogen and oxygen atoms in total. The molecular formula is C15H19FN2S. The van der Waals surface area contributed by atoms with Crippen molar-refractivity contribution in [3.05, 3.63) is 28.8 Å². The van der Waals surface area contributed by atoms with Crippen LogP contribution in [-0.2, 0) is 0 Å². The average Bonchev–Trinajstić information content (AvgIpc) is 2.54. The zero-order valence-electron chi connectivity index (χ0n) is 11.2. The number of aromatic amines is 1. The number of hydrogen-bond donors (Lipinski definition) is 1. The lowest BCUT2D eigenvalue weighted by molar-refractivity contribution is 0.338. The third-order valence-electron chi connectivity index (χ3n) is 4.33. The van der Waals surface area contributed by atoms with E-state index in [0.717, 1.165) is 15.8 Å². The summed E-state index contributed by atoms with van der Waals surface area (Å²) in [6, 6.07) is 5.33. The summed E-state index contributed by atoms with van der Waals surface area (Å²) in [4.78, 5) is 3.14. The molecule has 1 fully saturated rings. The van der Waals surface area contributed by atoms with Gasteiger partial charge in [0.25, 0.3) is 0 Å². The molecule has 3 rings (SSSR count). The van der Waals surface area contributed by atoms with Gasteiger partial charge in [0.05, 0.1) is 11.0 Å². The molecule has 2 unspecified atom stereocenters. The molecule has 2 atom stereocenters. The third-order valence-corrected chi connectivity index (χ3v) is 4.63. The Morgan fingerprint density at radius 2 is 2.05 bits per heavy atom. The summed E-state index contributed by atoms with van der Waals surface area (Å²) < 4.78 is 16.2. The van der Waals surface area contributed by atoms with Crippen LogP contribution in [0.4, 0.5) is 4.39 Å². The Morgan fingerprint density at radius 1 is 1.26 bits per heavy atom. The topological polar surface area (TPSA) is 20.7 Å². The lowest BCUT2D eigenvalue weighted by Crippen LogP contribution is -2.16. The monoisotopic (exact) mass is 278 g/mol. The van der Waals surface area contributed by atoms with Crippen LogP contribution in [0.25, 0.3) is 11.0 Å². The molecule has 1 heterocycles. The zero-order valence-corrected chi connectivity index (χ0v) is 12.0. The number of aromatic nitrogens is 2. The van der Waals surface area contributed by atoms with Gasteiger partial charge in [-0.05, 0) is 49.2 Å². The van der Waals surface area contributed by atoms with Crippen molar-refractivity contribution in [2.45, 2.75) is 45.1 Å². The fourth-order valence-corrected chi connectivity index (χ4v) is 3.63. The fraction of sp³-hybridized carbons (Fsp3) is 0.533. The minimum absolute atomic E-state index is 0.218. The SMILES string of the molecule is CC1CCCCCC1n1c(=S)[nH]c2cc(F)ccc21. The molecule has 0 bridgehead atoms. The van der Waals surface area contributed by atoms with E-state index in [-0.39, 0.29) is 5.82 Å². The number of imidazole rings is 1. The average molecular weight is 278 g/mol. The van der Waals surface area contributed by atoms with Crippen LogP contribution >= 0.6 is 12.2 Å². The molecule has 0 saturated heterocycles. The highest BCUT2D eigenvalue weighted by Gasteiger charge is 2.23. The van der Waals surface area contributed by atoms with Gasteiger partial charge in [0.1, 0.15) is 5.82 Å². The predicted octanol–water partition coefficient (Wildman–Crippen LogP) is 4.98. The van der Waals surface area contributed by atoms with Gasteiger partial charge in [-0.15, -0.1) is 0 Å². The van der Waals surface area contributed by atoms with Gasteiger partial charge in [0.15, 0.2) is 4.77 Å².